The Labute approximate surface area is 175 Å². The molecule has 0 bridgehead atoms. The number of hydrogen-bond donors (Lipinski definition) is 2. The summed E-state index contributed by atoms with van der Waals surface area (Å²) < 4.78 is 44.8. The smallest absolute Gasteiger partial charge is 0.341 e. The summed E-state index contributed by atoms with van der Waals surface area (Å²) in [5.41, 5.74) is 0.988. The molecule has 2 aromatic carbocycles. The molecule has 0 fully saturated rings. The maximum absolute atomic E-state index is 14.0. The minimum atomic E-state index is -3.87. The van der Waals surface area contributed by atoms with Crippen molar-refractivity contribution in [2.45, 2.75) is 44.1 Å². The zero-order valence-corrected chi connectivity index (χ0v) is 18.3. The van der Waals surface area contributed by atoms with Crippen molar-refractivity contribution in [2.24, 2.45) is 0 Å². The molecule has 0 saturated heterocycles. The molecule has 0 aromatic heterocycles. The third kappa shape index (κ3) is 5.64. The van der Waals surface area contributed by atoms with E-state index < -0.39 is 39.4 Å². The lowest BCUT2D eigenvalue weighted by Crippen LogP contribution is -2.30. The number of rotatable bonds is 6. The van der Waals surface area contributed by atoms with Crippen LogP contribution in [-0.2, 0) is 25.0 Å². The molecule has 9 heteroatoms. The summed E-state index contributed by atoms with van der Waals surface area (Å²) in [6.07, 6.45) is -1.23. The Morgan fingerprint density at radius 3 is 2.20 bits per heavy atom. The van der Waals surface area contributed by atoms with Crippen molar-refractivity contribution in [3.05, 3.63) is 59.4 Å². The summed E-state index contributed by atoms with van der Waals surface area (Å²) in [6.45, 7) is 7.54. The molecule has 2 rings (SSSR count). The van der Waals surface area contributed by atoms with Gasteiger partial charge in [0, 0.05) is 5.69 Å². The molecule has 162 valence electrons. The van der Waals surface area contributed by atoms with Gasteiger partial charge in [0.1, 0.15) is 5.82 Å². The molecule has 30 heavy (non-hydrogen) atoms. The van der Waals surface area contributed by atoms with Gasteiger partial charge in [-0.05, 0) is 55.3 Å². The molecule has 1 unspecified atom stereocenters. The Morgan fingerprint density at radius 1 is 1.07 bits per heavy atom. The van der Waals surface area contributed by atoms with Crippen LogP contribution in [0.25, 0.3) is 0 Å². The second-order valence-electron chi connectivity index (χ2n) is 7.71. The topological polar surface area (TPSA) is 102 Å². The molecule has 0 aliphatic carbocycles. The standard InChI is InChI=1S/C21H25FN2O5S/c1-13(19(25)24-15-8-6-14(7-9-15)21(2,3)4)29-20(26)17-12-16(10-11-18(17)22)30(27,28)23-5/h6-13,23H,1-5H3,(H,24,25). The van der Waals surface area contributed by atoms with Crippen molar-refractivity contribution in [1.29, 1.82) is 0 Å². The van der Waals surface area contributed by atoms with Crippen molar-refractivity contribution in [3.8, 4) is 0 Å². The van der Waals surface area contributed by atoms with Crippen molar-refractivity contribution in [2.75, 3.05) is 12.4 Å². The summed E-state index contributed by atoms with van der Waals surface area (Å²) >= 11 is 0. The number of halogens is 1. The Balaban J connectivity index is 2.10. The van der Waals surface area contributed by atoms with E-state index >= 15 is 0 Å². The molecule has 2 N–H and O–H groups in total. The van der Waals surface area contributed by atoms with Crippen LogP contribution in [0, 0.1) is 5.82 Å². The first kappa shape index (κ1) is 23.5. The lowest BCUT2D eigenvalue weighted by atomic mass is 9.87. The van der Waals surface area contributed by atoms with Gasteiger partial charge in [0.15, 0.2) is 6.10 Å². The van der Waals surface area contributed by atoms with Crippen LogP contribution in [0.4, 0.5) is 10.1 Å². The Kier molecular flexibility index (Phi) is 6.99. The molecular weight excluding hydrogens is 411 g/mol. The highest BCUT2D eigenvalue weighted by atomic mass is 32.2. The van der Waals surface area contributed by atoms with Gasteiger partial charge >= 0.3 is 5.97 Å². The zero-order valence-electron chi connectivity index (χ0n) is 17.4. The fraction of sp³-hybridized carbons (Fsp3) is 0.333. The van der Waals surface area contributed by atoms with E-state index in [0.29, 0.717) is 5.69 Å². The van der Waals surface area contributed by atoms with Gasteiger partial charge in [-0.15, -0.1) is 0 Å². The molecule has 0 spiro atoms. The summed E-state index contributed by atoms with van der Waals surface area (Å²) in [4.78, 5) is 24.3. The minimum absolute atomic E-state index is 0.0370. The van der Waals surface area contributed by atoms with Gasteiger partial charge in [-0.2, -0.15) is 0 Å². The first-order valence-corrected chi connectivity index (χ1v) is 10.7. The normalized spacial score (nSPS) is 12.9. The van der Waals surface area contributed by atoms with E-state index in [1.165, 1.54) is 14.0 Å². The maximum Gasteiger partial charge on any atom is 0.341 e. The van der Waals surface area contributed by atoms with Crippen LogP contribution in [0.2, 0.25) is 0 Å². The van der Waals surface area contributed by atoms with Gasteiger partial charge in [-0.25, -0.2) is 22.3 Å². The number of sulfonamides is 1. The number of benzene rings is 2. The van der Waals surface area contributed by atoms with E-state index in [1.807, 2.05) is 12.1 Å². The summed E-state index contributed by atoms with van der Waals surface area (Å²) in [6, 6.07) is 9.97. The van der Waals surface area contributed by atoms with Gasteiger partial charge in [-0.1, -0.05) is 32.9 Å². The molecule has 0 aliphatic heterocycles. The molecule has 0 saturated carbocycles. The van der Waals surface area contributed by atoms with Crippen molar-refractivity contribution in [1.82, 2.24) is 4.72 Å². The fourth-order valence-corrected chi connectivity index (χ4v) is 3.28. The zero-order chi connectivity index (χ0) is 22.7. The average Bonchev–Trinajstić information content (AvgIpc) is 2.67. The van der Waals surface area contributed by atoms with E-state index in [2.05, 4.69) is 30.8 Å². The second-order valence-corrected chi connectivity index (χ2v) is 9.60. The Hall–Kier alpha value is -2.78. The number of anilines is 1. The monoisotopic (exact) mass is 436 g/mol. The van der Waals surface area contributed by atoms with E-state index in [-0.39, 0.29) is 10.3 Å². The number of esters is 1. The molecule has 0 heterocycles. The number of carbonyl (C=O) groups excluding carboxylic acids is 2. The lowest BCUT2D eigenvalue weighted by Gasteiger charge is -2.19. The largest absolute Gasteiger partial charge is 0.449 e. The first-order valence-electron chi connectivity index (χ1n) is 9.20. The van der Waals surface area contributed by atoms with Gasteiger partial charge in [0.25, 0.3) is 5.91 Å². The Morgan fingerprint density at radius 2 is 1.67 bits per heavy atom. The van der Waals surface area contributed by atoms with Crippen LogP contribution in [-0.4, -0.2) is 33.4 Å². The number of nitrogens with one attached hydrogen (secondary N) is 2. The predicted molar refractivity (Wildman–Crippen MR) is 111 cm³/mol. The van der Waals surface area contributed by atoms with E-state index in [0.717, 1.165) is 23.8 Å². The van der Waals surface area contributed by atoms with Crippen LogP contribution in [0.15, 0.2) is 47.4 Å². The molecule has 0 aliphatic rings. The van der Waals surface area contributed by atoms with E-state index in [1.54, 1.807) is 12.1 Å². The molecule has 7 nitrogen and oxygen atoms in total. The minimum Gasteiger partial charge on any atom is -0.449 e. The highest BCUT2D eigenvalue weighted by Gasteiger charge is 2.24. The fourth-order valence-electron chi connectivity index (χ4n) is 2.52. The van der Waals surface area contributed by atoms with Crippen LogP contribution >= 0.6 is 0 Å². The van der Waals surface area contributed by atoms with Crippen LogP contribution in [0.5, 0.6) is 0 Å². The second kappa shape index (κ2) is 8.93. The summed E-state index contributed by atoms with van der Waals surface area (Å²) in [7, 11) is -2.68. The van der Waals surface area contributed by atoms with Gasteiger partial charge in [-0.3, -0.25) is 4.79 Å². The van der Waals surface area contributed by atoms with Gasteiger partial charge < -0.3 is 10.1 Å². The first-order chi connectivity index (χ1) is 13.8. The molecule has 1 atom stereocenters. The SMILES string of the molecule is CNS(=O)(=O)c1ccc(F)c(C(=O)OC(C)C(=O)Nc2ccc(C(C)(C)C)cc2)c1. The number of carbonyl (C=O) groups is 2. The van der Waals surface area contributed by atoms with Crippen LogP contribution in [0.1, 0.15) is 43.6 Å². The highest BCUT2D eigenvalue weighted by Crippen LogP contribution is 2.23. The van der Waals surface area contributed by atoms with Crippen LogP contribution < -0.4 is 10.0 Å². The average molecular weight is 437 g/mol. The third-order valence-corrected chi connectivity index (χ3v) is 5.82. The summed E-state index contributed by atoms with van der Waals surface area (Å²) in [5, 5.41) is 2.62. The lowest BCUT2D eigenvalue weighted by molar-refractivity contribution is -0.123. The quantitative estimate of drug-likeness (QED) is 0.677. The molecular formula is C21H25FN2O5S. The van der Waals surface area contributed by atoms with E-state index in [4.69, 9.17) is 4.74 Å². The van der Waals surface area contributed by atoms with Gasteiger partial charge in [0.2, 0.25) is 10.0 Å². The number of hydrogen-bond acceptors (Lipinski definition) is 5. The molecule has 2 aromatic rings. The van der Waals surface area contributed by atoms with Crippen molar-refractivity contribution in [3.63, 3.8) is 0 Å². The van der Waals surface area contributed by atoms with Crippen molar-refractivity contribution < 1.29 is 27.1 Å². The third-order valence-electron chi connectivity index (χ3n) is 4.41. The summed E-state index contributed by atoms with van der Waals surface area (Å²) in [5.74, 6) is -2.71. The Bertz CT molecular complexity index is 1040. The van der Waals surface area contributed by atoms with Gasteiger partial charge in [0.05, 0.1) is 10.5 Å². The highest BCUT2D eigenvalue weighted by molar-refractivity contribution is 7.89. The maximum atomic E-state index is 14.0. The number of ether oxygens (including phenoxy) is 1. The molecule has 1 amide bonds. The van der Waals surface area contributed by atoms with E-state index in [9.17, 15) is 22.4 Å². The van der Waals surface area contributed by atoms with Crippen molar-refractivity contribution >= 4 is 27.6 Å². The number of amides is 1. The predicted octanol–water partition coefficient (Wildman–Crippen LogP) is 3.22. The molecule has 0 radical (unpaired) electrons. The van der Waals surface area contributed by atoms with Crippen LogP contribution in [0.3, 0.4) is 0 Å².